The molecule has 1 unspecified atom stereocenters. The van der Waals surface area contributed by atoms with Crippen LogP contribution in [0.25, 0.3) is 0 Å². The lowest BCUT2D eigenvalue weighted by atomic mass is 9.87. The summed E-state index contributed by atoms with van der Waals surface area (Å²) in [6, 6.07) is 8.28. The summed E-state index contributed by atoms with van der Waals surface area (Å²) >= 11 is 5.95. The number of hydrogen-bond acceptors (Lipinski definition) is 3. The van der Waals surface area contributed by atoms with Gasteiger partial charge in [0.1, 0.15) is 6.61 Å². The third-order valence-corrected chi connectivity index (χ3v) is 5.17. The first-order valence-electron chi connectivity index (χ1n) is 8.31. The van der Waals surface area contributed by atoms with E-state index in [9.17, 15) is 4.79 Å². The van der Waals surface area contributed by atoms with Crippen molar-refractivity contribution in [3.63, 3.8) is 0 Å². The molecular weight excluding hydrogens is 312 g/mol. The van der Waals surface area contributed by atoms with Gasteiger partial charge in [0.05, 0.1) is 6.61 Å². The number of nitrogens with zero attached hydrogens (tertiary/aromatic N) is 2. The van der Waals surface area contributed by atoms with Crippen molar-refractivity contribution in [3.05, 3.63) is 34.9 Å². The Morgan fingerprint density at radius 1 is 1.26 bits per heavy atom. The van der Waals surface area contributed by atoms with Gasteiger partial charge in [0.25, 0.3) is 0 Å². The van der Waals surface area contributed by atoms with Gasteiger partial charge in [-0.2, -0.15) is 0 Å². The summed E-state index contributed by atoms with van der Waals surface area (Å²) in [4.78, 5) is 16.6. The van der Waals surface area contributed by atoms with Crippen LogP contribution in [-0.4, -0.2) is 54.6 Å². The fourth-order valence-corrected chi connectivity index (χ4v) is 3.79. The van der Waals surface area contributed by atoms with Gasteiger partial charge in [0, 0.05) is 36.1 Å². The van der Waals surface area contributed by atoms with Crippen molar-refractivity contribution in [2.75, 3.05) is 32.8 Å². The summed E-state index contributed by atoms with van der Waals surface area (Å²) in [6.07, 6.45) is 1.08. The highest BCUT2D eigenvalue weighted by Gasteiger charge is 2.43. The van der Waals surface area contributed by atoms with Crippen molar-refractivity contribution in [1.29, 1.82) is 0 Å². The SMILES string of the molecule is CC(C)N1CC2(CCN(Cc3ccc(Cl)cc3)C2)COCC1=O. The molecule has 1 spiro atoms. The van der Waals surface area contributed by atoms with E-state index in [1.54, 1.807) is 0 Å². The zero-order valence-corrected chi connectivity index (χ0v) is 14.7. The summed E-state index contributed by atoms with van der Waals surface area (Å²) in [7, 11) is 0. The second kappa shape index (κ2) is 6.80. The molecular formula is C18H25ClN2O2. The minimum Gasteiger partial charge on any atom is -0.371 e. The lowest BCUT2D eigenvalue weighted by Gasteiger charge is -2.34. The van der Waals surface area contributed by atoms with E-state index in [4.69, 9.17) is 16.3 Å². The number of carbonyl (C=O) groups excluding carboxylic acids is 1. The van der Waals surface area contributed by atoms with Crippen LogP contribution in [0.2, 0.25) is 5.02 Å². The second-order valence-electron chi connectivity index (χ2n) is 7.20. The zero-order chi connectivity index (χ0) is 16.4. The Morgan fingerprint density at radius 2 is 2.00 bits per heavy atom. The molecule has 1 amide bonds. The van der Waals surface area contributed by atoms with E-state index in [2.05, 4.69) is 30.9 Å². The molecule has 0 bridgehead atoms. The Hall–Kier alpha value is -1.10. The van der Waals surface area contributed by atoms with E-state index in [-0.39, 0.29) is 24.0 Å². The minimum atomic E-state index is 0.0723. The van der Waals surface area contributed by atoms with Crippen molar-refractivity contribution in [3.8, 4) is 0 Å². The molecule has 0 aromatic heterocycles. The van der Waals surface area contributed by atoms with Crippen LogP contribution in [0.15, 0.2) is 24.3 Å². The Bertz CT molecular complexity index is 561. The fraction of sp³-hybridized carbons (Fsp3) is 0.611. The lowest BCUT2D eigenvalue weighted by Crippen LogP contribution is -2.45. The molecule has 0 saturated carbocycles. The molecule has 2 fully saturated rings. The standard InChI is InChI=1S/C18H25ClN2O2/c1-14(2)21-12-18(13-23-10-17(21)22)7-8-20(11-18)9-15-3-5-16(19)6-4-15/h3-6,14H,7-13H2,1-2H3. The highest BCUT2D eigenvalue weighted by molar-refractivity contribution is 6.30. The molecule has 1 aromatic rings. The molecule has 4 nitrogen and oxygen atoms in total. The van der Waals surface area contributed by atoms with Crippen LogP contribution in [0.3, 0.4) is 0 Å². The number of rotatable bonds is 3. The van der Waals surface area contributed by atoms with Crippen molar-refractivity contribution < 1.29 is 9.53 Å². The van der Waals surface area contributed by atoms with Gasteiger partial charge in [-0.1, -0.05) is 23.7 Å². The molecule has 0 N–H and O–H groups in total. The Balaban J connectivity index is 1.67. The maximum absolute atomic E-state index is 12.2. The first-order valence-corrected chi connectivity index (χ1v) is 8.69. The predicted octanol–water partition coefficient (Wildman–Crippen LogP) is 2.80. The summed E-state index contributed by atoms with van der Waals surface area (Å²) in [5.74, 6) is 0.119. The highest BCUT2D eigenvalue weighted by atomic mass is 35.5. The quantitative estimate of drug-likeness (QED) is 0.851. The van der Waals surface area contributed by atoms with Crippen molar-refractivity contribution >= 4 is 17.5 Å². The van der Waals surface area contributed by atoms with E-state index in [1.807, 2.05) is 17.0 Å². The van der Waals surface area contributed by atoms with E-state index >= 15 is 0 Å². The average Bonchev–Trinajstić information content (AvgIpc) is 2.81. The molecule has 126 valence electrons. The molecule has 23 heavy (non-hydrogen) atoms. The van der Waals surface area contributed by atoms with Gasteiger partial charge in [0.2, 0.25) is 5.91 Å². The van der Waals surface area contributed by atoms with E-state index < -0.39 is 0 Å². The van der Waals surface area contributed by atoms with E-state index in [0.717, 1.165) is 37.6 Å². The smallest absolute Gasteiger partial charge is 0.248 e. The number of benzene rings is 1. The van der Waals surface area contributed by atoms with E-state index in [1.165, 1.54) is 5.56 Å². The Labute approximate surface area is 143 Å². The van der Waals surface area contributed by atoms with Gasteiger partial charge in [0.15, 0.2) is 0 Å². The predicted molar refractivity (Wildman–Crippen MR) is 91.4 cm³/mol. The summed E-state index contributed by atoms with van der Waals surface area (Å²) < 4.78 is 5.70. The van der Waals surface area contributed by atoms with Crippen LogP contribution in [0, 0.1) is 5.41 Å². The molecule has 1 atom stereocenters. The minimum absolute atomic E-state index is 0.0723. The van der Waals surface area contributed by atoms with Crippen molar-refractivity contribution in [1.82, 2.24) is 9.80 Å². The van der Waals surface area contributed by atoms with Crippen LogP contribution < -0.4 is 0 Å². The second-order valence-corrected chi connectivity index (χ2v) is 7.63. The van der Waals surface area contributed by atoms with Gasteiger partial charge in [-0.15, -0.1) is 0 Å². The summed E-state index contributed by atoms with van der Waals surface area (Å²) in [5.41, 5.74) is 1.35. The topological polar surface area (TPSA) is 32.8 Å². The van der Waals surface area contributed by atoms with Crippen molar-refractivity contribution in [2.45, 2.75) is 32.9 Å². The lowest BCUT2D eigenvalue weighted by molar-refractivity contribution is -0.135. The zero-order valence-electron chi connectivity index (χ0n) is 13.9. The molecule has 2 aliphatic heterocycles. The third kappa shape index (κ3) is 3.87. The number of hydrogen-bond donors (Lipinski definition) is 0. The third-order valence-electron chi connectivity index (χ3n) is 4.92. The van der Waals surface area contributed by atoms with Crippen LogP contribution in [0.5, 0.6) is 0 Å². The highest BCUT2D eigenvalue weighted by Crippen LogP contribution is 2.35. The average molecular weight is 337 g/mol. The summed E-state index contributed by atoms with van der Waals surface area (Å²) in [5, 5.41) is 0.773. The largest absolute Gasteiger partial charge is 0.371 e. The Kier molecular flexibility index (Phi) is 4.95. The molecule has 2 heterocycles. The molecule has 0 aliphatic carbocycles. The Morgan fingerprint density at radius 3 is 2.70 bits per heavy atom. The van der Waals surface area contributed by atoms with Crippen LogP contribution >= 0.6 is 11.6 Å². The number of amides is 1. The van der Waals surface area contributed by atoms with Crippen LogP contribution in [0.4, 0.5) is 0 Å². The van der Waals surface area contributed by atoms with Gasteiger partial charge in [-0.25, -0.2) is 0 Å². The normalized spacial score (nSPS) is 26.3. The number of ether oxygens (including phenoxy) is 1. The van der Waals surface area contributed by atoms with Gasteiger partial charge in [-0.05, 0) is 44.5 Å². The maximum atomic E-state index is 12.2. The first-order chi connectivity index (χ1) is 11.0. The maximum Gasteiger partial charge on any atom is 0.248 e. The van der Waals surface area contributed by atoms with E-state index in [0.29, 0.717) is 6.61 Å². The van der Waals surface area contributed by atoms with Crippen LogP contribution in [0.1, 0.15) is 25.8 Å². The molecule has 2 aliphatic rings. The first kappa shape index (κ1) is 16.7. The molecule has 3 rings (SSSR count). The fourth-order valence-electron chi connectivity index (χ4n) is 3.66. The van der Waals surface area contributed by atoms with Gasteiger partial charge < -0.3 is 9.64 Å². The number of likely N-dealkylation sites (tertiary alicyclic amines) is 1. The van der Waals surface area contributed by atoms with Crippen molar-refractivity contribution in [2.24, 2.45) is 5.41 Å². The molecule has 1 aromatic carbocycles. The number of halogens is 1. The van der Waals surface area contributed by atoms with Gasteiger partial charge in [-0.3, -0.25) is 9.69 Å². The monoisotopic (exact) mass is 336 g/mol. The van der Waals surface area contributed by atoms with Gasteiger partial charge >= 0.3 is 0 Å². The molecule has 2 saturated heterocycles. The summed E-state index contributed by atoms with van der Waals surface area (Å²) in [6.45, 7) is 8.82. The molecule has 5 heteroatoms. The van der Waals surface area contributed by atoms with Crippen LogP contribution in [-0.2, 0) is 16.1 Å². The number of carbonyl (C=O) groups is 1. The molecule has 0 radical (unpaired) electrons.